The van der Waals surface area contributed by atoms with Crippen LogP contribution in [0.3, 0.4) is 0 Å². The summed E-state index contributed by atoms with van der Waals surface area (Å²) in [6, 6.07) is 11.7. The van der Waals surface area contributed by atoms with Crippen LogP contribution < -0.4 is 5.32 Å². The molecule has 2 heterocycles. The molecule has 0 aliphatic heterocycles. The van der Waals surface area contributed by atoms with Gasteiger partial charge in [-0.1, -0.05) is 19.9 Å². The molecule has 0 radical (unpaired) electrons. The van der Waals surface area contributed by atoms with Crippen molar-refractivity contribution in [2.24, 2.45) is 5.41 Å². The number of carbonyl (C=O) groups is 1. The van der Waals surface area contributed by atoms with Crippen LogP contribution in [-0.2, 0) is 6.42 Å². The summed E-state index contributed by atoms with van der Waals surface area (Å²) in [5.41, 5.74) is 5.61. The molecule has 0 saturated carbocycles. The van der Waals surface area contributed by atoms with E-state index in [0.29, 0.717) is 18.5 Å². The van der Waals surface area contributed by atoms with Gasteiger partial charge >= 0.3 is 0 Å². The van der Waals surface area contributed by atoms with Crippen LogP contribution in [0.4, 0.5) is 0 Å². The zero-order chi connectivity index (χ0) is 22.4. The number of nitrogens with zero attached hydrogens (tertiary/aromatic N) is 4. The fraction of sp³-hybridized carbons (Fsp3) is 0.360. The number of amides is 1. The summed E-state index contributed by atoms with van der Waals surface area (Å²) in [5.74, 6) is -0.0508. The molecule has 0 aliphatic rings. The molecule has 0 unspecified atom stereocenters. The predicted molar refractivity (Wildman–Crippen MR) is 124 cm³/mol. The zero-order valence-electron chi connectivity index (χ0n) is 19.0. The van der Waals surface area contributed by atoms with Crippen LogP contribution >= 0.6 is 0 Å². The van der Waals surface area contributed by atoms with Crippen molar-refractivity contribution in [1.82, 2.24) is 25.2 Å². The lowest BCUT2D eigenvalue weighted by Crippen LogP contribution is -2.40. The van der Waals surface area contributed by atoms with E-state index in [1.54, 1.807) is 18.7 Å². The summed E-state index contributed by atoms with van der Waals surface area (Å²) in [5, 5.41) is 3.09. The SMILES string of the molecule is Cc1ccc(C(=O)NCC(C)(C)CN(C)C)cc1Cc1ncccc1-c1ccncn1. The molecular formula is C25H31N5O. The number of rotatable bonds is 8. The topological polar surface area (TPSA) is 71.0 Å². The van der Waals surface area contributed by atoms with Gasteiger partial charge in [0.05, 0.1) is 11.4 Å². The molecule has 1 aromatic carbocycles. The number of pyridine rings is 1. The molecule has 0 fully saturated rings. The molecule has 3 rings (SSSR count). The summed E-state index contributed by atoms with van der Waals surface area (Å²) in [6.07, 6.45) is 5.69. The fourth-order valence-corrected chi connectivity index (χ4v) is 3.78. The Morgan fingerprint density at radius 2 is 1.90 bits per heavy atom. The second kappa shape index (κ2) is 9.79. The number of aryl methyl sites for hydroxylation is 1. The van der Waals surface area contributed by atoms with Gasteiger partial charge in [-0.05, 0) is 67.9 Å². The maximum atomic E-state index is 12.8. The van der Waals surface area contributed by atoms with Crippen molar-refractivity contribution in [2.45, 2.75) is 27.2 Å². The molecule has 6 nitrogen and oxygen atoms in total. The number of hydrogen-bond donors (Lipinski definition) is 1. The smallest absolute Gasteiger partial charge is 0.251 e. The first-order valence-corrected chi connectivity index (χ1v) is 10.5. The third-order valence-electron chi connectivity index (χ3n) is 5.19. The number of carbonyl (C=O) groups excluding carboxylic acids is 1. The first kappa shape index (κ1) is 22.6. The van der Waals surface area contributed by atoms with Crippen LogP contribution in [0, 0.1) is 12.3 Å². The molecule has 0 atom stereocenters. The van der Waals surface area contributed by atoms with Crippen LogP contribution in [-0.4, -0.2) is 52.9 Å². The predicted octanol–water partition coefficient (Wildman–Crippen LogP) is 3.76. The van der Waals surface area contributed by atoms with Crippen molar-refractivity contribution < 1.29 is 4.79 Å². The van der Waals surface area contributed by atoms with Crippen molar-refractivity contribution >= 4 is 5.91 Å². The number of benzene rings is 1. The third-order valence-corrected chi connectivity index (χ3v) is 5.19. The minimum absolute atomic E-state index is 0.00686. The second-order valence-electron chi connectivity index (χ2n) is 8.99. The van der Waals surface area contributed by atoms with Crippen molar-refractivity contribution in [3.05, 3.63) is 77.5 Å². The molecular weight excluding hydrogens is 386 g/mol. The molecule has 0 saturated heterocycles. The Morgan fingerprint density at radius 3 is 2.61 bits per heavy atom. The Hall–Kier alpha value is -3.12. The zero-order valence-corrected chi connectivity index (χ0v) is 19.0. The maximum Gasteiger partial charge on any atom is 0.251 e. The number of nitrogens with one attached hydrogen (secondary N) is 1. The van der Waals surface area contributed by atoms with Gasteiger partial charge in [0.2, 0.25) is 0 Å². The van der Waals surface area contributed by atoms with Gasteiger partial charge < -0.3 is 10.2 Å². The van der Waals surface area contributed by atoms with Gasteiger partial charge in [0.15, 0.2) is 0 Å². The van der Waals surface area contributed by atoms with Crippen molar-refractivity contribution in [2.75, 3.05) is 27.2 Å². The average Bonchev–Trinajstić information content (AvgIpc) is 2.74. The van der Waals surface area contributed by atoms with Crippen LogP contribution in [0.5, 0.6) is 0 Å². The third kappa shape index (κ3) is 6.18. The molecule has 0 bridgehead atoms. The molecule has 1 amide bonds. The van der Waals surface area contributed by atoms with E-state index >= 15 is 0 Å². The highest BCUT2D eigenvalue weighted by Gasteiger charge is 2.20. The Kier molecular flexibility index (Phi) is 7.13. The second-order valence-corrected chi connectivity index (χ2v) is 8.99. The van der Waals surface area contributed by atoms with Gasteiger partial charge in [-0.15, -0.1) is 0 Å². The monoisotopic (exact) mass is 417 g/mol. The largest absolute Gasteiger partial charge is 0.351 e. The average molecular weight is 418 g/mol. The normalized spacial score (nSPS) is 11.5. The van der Waals surface area contributed by atoms with Gasteiger partial charge in [-0.2, -0.15) is 0 Å². The van der Waals surface area contributed by atoms with Crippen molar-refractivity contribution in [3.8, 4) is 11.3 Å². The van der Waals surface area contributed by atoms with E-state index < -0.39 is 0 Å². The number of aromatic nitrogens is 3. The molecule has 3 aromatic rings. The minimum atomic E-state index is -0.0508. The van der Waals surface area contributed by atoms with E-state index in [2.05, 4.69) is 45.9 Å². The van der Waals surface area contributed by atoms with Crippen LogP contribution in [0.15, 0.2) is 55.1 Å². The standard InChI is InChI=1S/C25H31N5O/c1-18-8-9-19(24(31)28-15-25(2,3)16-30(4)5)13-20(18)14-23-21(7-6-11-27-23)22-10-12-26-17-29-22/h6-13,17H,14-16H2,1-5H3,(H,28,31). The van der Waals surface area contributed by atoms with E-state index in [-0.39, 0.29) is 11.3 Å². The molecule has 1 N–H and O–H groups in total. The Bertz CT molecular complexity index is 1030. The van der Waals surface area contributed by atoms with Gasteiger partial charge in [-0.25, -0.2) is 9.97 Å². The van der Waals surface area contributed by atoms with Crippen LogP contribution in [0.25, 0.3) is 11.3 Å². The minimum Gasteiger partial charge on any atom is -0.351 e. The first-order valence-electron chi connectivity index (χ1n) is 10.5. The highest BCUT2D eigenvalue weighted by atomic mass is 16.1. The lowest BCUT2D eigenvalue weighted by Gasteiger charge is -2.28. The lowest BCUT2D eigenvalue weighted by molar-refractivity contribution is 0.0929. The number of hydrogen-bond acceptors (Lipinski definition) is 5. The molecule has 0 spiro atoms. The first-order chi connectivity index (χ1) is 14.7. The van der Waals surface area contributed by atoms with Crippen LogP contribution in [0.2, 0.25) is 0 Å². The highest BCUT2D eigenvalue weighted by Crippen LogP contribution is 2.24. The maximum absolute atomic E-state index is 12.8. The summed E-state index contributed by atoms with van der Waals surface area (Å²) < 4.78 is 0. The highest BCUT2D eigenvalue weighted by molar-refractivity contribution is 5.94. The van der Waals surface area contributed by atoms with Crippen molar-refractivity contribution in [3.63, 3.8) is 0 Å². The molecule has 2 aromatic heterocycles. The van der Waals surface area contributed by atoms with Gasteiger partial charge in [0.1, 0.15) is 6.33 Å². The Morgan fingerprint density at radius 1 is 1.10 bits per heavy atom. The fourth-order valence-electron chi connectivity index (χ4n) is 3.78. The molecule has 0 aliphatic carbocycles. The summed E-state index contributed by atoms with van der Waals surface area (Å²) in [6.45, 7) is 7.89. The van der Waals surface area contributed by atoms with E-state index in [0.717, 1.165) is 34.6 Å². The van der Waals surface area contributed by atoms with Crippen molar-refractivity contribution in [1.29, 1.82) is 0 Å². The van der Waals surface area contributed by atoms with Gasteiger partial charge in [-0.3, -0.25) is 9.78 Å². The Labute approximate surface area is 184 Å². The molecule has 6 heteroatoms. The summed E-state index contributed by atoms with van der Waals surface area (Å²) >= 11 is 0. The lowest BCUT2D eigenvalue weighted by atomic mass is 9.92. The van der Waals surface area contributed by atoms with Crippen LogP contribution in [0.1, 0.15) is 41.0 Å². The van der Waals surface area contributed by atoms with E-state index in [1.807, 2.05) is 50.5 Å². The quantitative estimate of drug-likeness (QED) is 0.604. The molecule has 162 valence electrons. The Balaban J connectivity index is 1.79. The van der Waals surface area contributed by atoms with E-state index in [1.165, 1.54) is 0 Å². The van der Waals surface area contributed by atoms with E-state index in [9.17, 15) is 4.79 Å². The molecule has 31 heavy (non-hydrogen) atoms. The van der Waals surface area contributed by atoms with E-state index in [4.69, 9.17) is 0 Å². The van der Waals surface area contributed by atoms with Gasteiger partial charge in [0.25, 0.3) is 5.91 Å². The summed E-state index contributed by atoms with van der Waals surface area (Å²) in [7, 11) is 4.09. The summed E-state index contributed by atoms with van der Waals surface area (Å²) in [4.78, 5) is 27.9. The van der Waals surface area contributed by atoms with Gasteiger partial charge in [0, 0.05) is 43.0 Å².